The molecule has 0 saturated carbocycles. The molecule has 0 atom stereocenters. The molecule has 1 aliphatic carbocycles. The van der Waals surface area contributed by atoms with E-state index in [-0.39, 0.29) is 24.8 Å². The van der Waals surface area contributed by atoms with Crippen molar-refractivity contribution >= 4 is 11.5 Å². The van der Waals surface area contributed by atoms with Crippen molar-refractivity contribution < 1.29 is 18.3 Å². The molecule has 0 spiro atoms. The average molecular weight is 583 g/mol. The number of aromatic nitrogens is 2. The molecular weight excluding hydrogens is 550 g/mol. The lowest BCUT2D eigenvalue weighted by Gasteiger charge is -2.29. The number of nitrogens with one attached hydrogen (secondary N) is 1. The quantitative estimate of drug-likeness (QED) is 0.318. The lowest BCUT2D eigenvalue weighted by Crippen LogP contribution is -2.35. The molecule has 6 rings (SSSR count). The van der Waals surface area contributed by atoms with Crippen LogP contribution in [0.25, 0.3) is 5.57 Å². The minimum atomic E-state index is -0.992. The monoisotopic (exact) mass is 582 g/mol. The fraction of sp³-hybridized carbons (Fsp3) is 0.265. The molecular formula is C34H32F2N4O3. The van der Waals surface area contributed by atoms with Crippen molar-refractivity contribution in [3.8, 4) is 5.75 Å². The van der Waals surface area contributed by atoms with E-state index in [1.54, 1.807) is 12.3 Å². The molecule has 2 aromatic heterocycles. The van der Waals surface area contributed by atoms with Gasteiger partial charge in [-0.05, 0) is 90.7 Å². The molecule has 1 aliphatic heterocycles. The van der Waals surface area contributed by atoms with Gasteiger partial charge in [-0.15, -0.1) is 0 Å². The van der Waals surface area contributed by atoms with Gasteiger partial charge in [-0.2, -0.15) is 0 Å². The summed E-state index contributed by atoms with van der Waals surface area (Å²) in [7, 11) is 2.11. The topological polar surface area (TPSA) is 76.5 Å². The lowest BCUT2D eigenvalue weighted by atomic mass is 9.98. The number of carbonyl (C=O) groups excluding carboxylic acids is 1. The molecule has 7 nitrogen and oxygen atoms in total. The van der Waals surface area contributed by atoms with Gasteiger partial charge in [-0.25, -0.2) is 8.78 Å². The van der Waals surface area contributed by atoms with Crippen LogP contribution >= 0.6 is 0 Å². The number of benzene rings is 2. The van der Waals surface area contributed by atoms with Crippen LogP contribution in [0.1, 0.15) is 51.1 Å². The Kier molecular flexibility index (Phi) is 8.16. The van der Waals surface area contributed by atoms with Crippen molar-refractivity contribution in [1.29, 1.82) is 0 Å². The number of carbonyl (C=O) groups is 1. The third kappa shape index (κ3) is 6.41. The first-order valence-electron chi connectivity index (χ1n) is 14.4. The summed E-state index contributed by atoms with van der Waals surface area (Å²) in [6.07, 6.45) is 8.21. The normalized spacial score (nSPS) is 15.2. The molecule has 0 radical (unpaired) electrons. The largest absolute Gasteiger partial charge is 0.490 e. The highest BCUT2D eigenvalue weighted by atomic mass is 19.2. The Morgan fingerprint density at radius 3 is 2.67 bits per heavy atom. The first-order chi connectivity index (χ1) is 20.8. The molecule has 1 fully saturated rings. The van der Waals surface area contributed by atoms with Crippen LogP contribution < -0.4 is 15.6 Å². The van der Waals surface area contributed by atoms with Gasteiger partial charge in [0.2, 0.25) is 0 Å². The molecule has 2 aromatic carbocycles. The molecule has 1 amide bonds. The summed E-state index contributed by atoms with van der Waals surface area (Å²) in [5, 5.41) is 2.88. The summed E-state index contributed by atoms with van der Waals surface area (Å²) >= 11 is 0. The Hall–Kier alpha value is -4.63. The van der Waals surface area contributed by atoms with Crippen molar-refractivity contribution in [2.45, 2.75) is 38.5 Å². The number of rotatable bonds is 8. The molecule has 1 N–H and O–H groups in total. The second kappa shape index (κ2) is 12.3. The number of hydrogen-bond donors (Lipinski definition) is 1. The summed E-state index contributed by atoms with van der Waals surface area (Å²) in [6, 6.07) is 16.5. The van der Waals surface area contributed by atoms with Gasteiger partial charge in [0.15, 0.2) is 11.6 Å². The first kappa shape index (κ1) is 28.5. The summed E-state index contributed by atoms with van der Waals surface area (Å²) < 4.78 is 34.8. The number of hydrogen-bond acceptors (Lipinski definition) is 5. The van der Waals surface area contributed by atoms with Gasteiger partial charge in [0, 0.05) is 44.0 Å². The molecule has 2 aliphatic rings. The Morgan fingerprint density at radius 1 is 1.02 bits per heavy atom. The number of nitrogens with zero attached hydrogens (tertiary/aromatic N) is 3. The highest BCUT2D eigenvalue weighted by Gasteiger charge is 2.21. The fourth-order valence-electron chi connectivity index (χ4n) is 5.66. The van der Waals surface area contributed by atoms with Gasteiger partial charge in [0.05, 0.1) is 12.2 Å². The maximum Gasteiger partial charge on any atom is 0.263 e. The number of pyridine rings is 2. The van der Waals surface area contributed by atoms with Crippen molar-refractivity contribution in [1.82, 2.24) is 19.8 Å². The lowest BCUT2D eigenvalue weighted by molar-refractivity contribution is 0.0948. The van der Waals surface area contributed by atoms with E-state index in [0.29, 0.717) is 5.56 Å². The zero-order valence-corrected chi connectivity index (χ0v) is 23.9. The van der Waals surface area contributed by atoms with E-state index in [1.807, 2.05) is 24.3 Å². The number of fused-ring (bicyclic) bond motifs is 1. The van der Waals surface area contributed by atoms with Crippen LogP contribution in [0.4, 0.5) is 8.78 Å². The smallest absolute Gasteiger partial charge is 0.263 e. The third-order valence-electron chi connectivity index (χ3n) is 7.98. The molecule has 1 saturated heterocycles. The van der Waals surface area contributed by atoms with Crippen molar-refractivity contribution in [2.24, 2.45) is 0 Å². The standard InChI is InChI=1S/C34H32F2N4O3/c1-39-14-10-25(11-15-39)43-26-17-23(16-24(19-26)27-7-9-32-28(27)4-2-12-37-32)20-38-33(41)29-5-3-13-40(34(29)42)21-22-6-8-30(35)31(36)18-22/h2-8,12-13,16-19,25H,9-11,14-15,20-21H2,1H3,(H,38,41). The molecule has 220 valence electrons. The summed E-state index contributed by atoms with van der Waals surface area (Å²) in [5.74, 6) is -1.74. The zero-order valence-electron chi connectivity index (χ0n) is 23.9. The highest BCUT2D eigenvalue weighted by molar-refractivity contribution is 5.93. The van der Waals surface area contributed by atoms with E-state index >= 15 is 0 Å². The molecule has 43 heavy (non-hydrogen) atoms. The van der Waals surface area contributed by atoms with Crippen LogP contribution in [-0.4, -0.2) is 46.6 Å². The van der Waals surface area contributed by atoms with Crippen LogP contribution in [0.2, 0.25) is 0 Å². The maximum absolute atomic E-state index is 13.7. The van der Waals surface area contributed by atoms with E-state index in [2.05, 4.69) is 34.4 Å². The second-order valence-corrected chi connectivity index (χ2v) is 11.1. The van der Waals surface area contributed by atoms with E-state index in [0.717, 1.165) is 78.2 Å². The average Bonchev–Trinajstić information content (AvgIpc) is 3.44. The fourth-order valence-corrected chi connectivity index (χ4v) is 5.66. The molecule has 4 aromatic rings. The van der Waals surface area contributed by atoms with Gasteiger partial charge >= 0.3 is 0 Å². The summed E-state index contributed by atoms with van der Waals surface area (Å²) in [6.45, 7) is 2.13. The second-order valence-electron chi connectivity index (χ2n) is 11.1. The highest BCUT2D eigenvalue weighted by Crippen LogP contribution is 2.34. The van der Waals surface area contributed by atoms with Gasteiger partial charge in [0.25, 0.3) is 11.5 Å². The number of amides is 1. The van der Waals surface area contributed by atoms with Crippen LogP contribution in [0.3, 0.4) is 0 Å². The first-order valence-corrected chi connectivity index (χ1v) is 14.4. The molecule has 0 bridgehead atoms. The Labute approximate surface area is 248 Å². The van der Waals surface area contributed by atoms with Gasteiger partial charge in [-0.3, -0.25) is 14.6 Å². The van der Waals surface area contributed by atoms with Gasteiger partial charge in [-0.1, -0.05) is 18.2 Å². The molecule has 0 unspecified atom stereocenters. The Balaban J connectivity index is 1.22. The van der Waals surface area contributed by atoms with E-state index in [1.165, 1.54) is 22.9 Å². The number of allylic oxidation sites excluding steroid dienone is 1. The minimum absolute atomic E-state index is 0.00228. The number of ether oxygens (including phenoxy) is 1. The third-order valence-corrected chi connectivity index (χ3v) is 7.98. The van der Waals surface area contributed by atoms with Crippen LogP contribution in [0.5, 0.6) is 5.75 Å². The van der Waals surface area contributed by atoms with E-state index in [9.17, 15) is 18.4 Å². The zero-order chi connectivity index (χ0) is 29.9. The minimum Gasteiger partial charge on any atom is -0.490 e. The Bertz CT molecular complexity index is 1760. The maximum atomic E-state index is 13.7. The van der Waals surface area contributed by atoms with Crippen molar-refractivity contribution in [3.05, 3.63) is 135 Å². The molecule has 9 heteroatoms. The predicted octanol–water partition coefficient (Wildman–Crippen LogP) is 4.96. The number of likely N-dealkylation sites (tertiary alicyclic amines) is 1. The Morgan fingerprint density at radius 2 is 1.86 bits per heavy atom. The van der Waals surface area contributed by atoms with E-state index < -0.39 is 23.1 Å². The number of piperidine rings is 1. The van der Waals surface area contributed by atoms with Gasteiger partial charge in [0.1, 0.15) is 17.4 Å². The van der Waals surface area contributed by atoms with Crippen LogP contribution in [0, 0.1) is 11.6 Å². The van der Waals surface area contributed by atoms with Crippen LogP contribution in [-0.2, 0) is 19.5 Å². The summed E-state index contributed by atoms with van der Waals surface area (Å²) in [4.78, 5) is 33.1. The van der Waals surface area contributed by atoms with Crippen molar-refractivity contribution in [3.63, 3.8) is 0 Å². The SMILES string of the molecule is CN1CCC(Oc2cc(CNC(=O)c3cccn(Cc4ccc(F)c(F)c4)c3=O)cc(C3=CCc4ncccc43)c2)CC1. The predicted molar refractivity (Wildman–Crippen MR) is 160 cm³/mol. The van der Waals surface area contributed by atoms with Gasteiger partial charge < -0.3 is 19.5 Å². The molecule has 3 heterocycles. The number of halogens is 2. The van der Waals surface area contributed by atoms with E-state index in [4.69, 9.17) is 4.74 Å². The van der Waals surface area contributed by atoms with Crippen LogP contribution in [0.15, 0.2) is 83.9 Å². The summed E-state index contributed by atoms with van der Waals surface area (Å²) in [5.41, 5.74) is 4.85. The van der Waals surface area contributed by atoms with Crippen molar-refractivity contribution in [2.75, 3.05) is 20.1 Å².